The molecule has 4 heteroatoms. The first kappa shape index (κ1) is 12.8. The van der Waals surface area contributed by atoms with Gasteiger partial charge in [0.25, 0.3) is 0 Å². The molecule has 0 radical (unpaired) electrons. The maximum Gasteiger partial charge on any atom is 0.103 e. The molecule has 96 valence electrons. The molecule has 2 rings (SSSR count). The van der Waals surface area contributed by atoms with E-state index in [1.54, 1.807) is 0 Å². The number of hydrogen-bond acceptors (Lipinski definition) is 4. The van der Waals surface area contributed by atoms with Crippen LogP contribution in [-0.4, -0.2) is 24.2 Å². The number of ether oxygens (including phenoxy) is 1. The van der Waals surface area contributed by atoms with E-state index in [0.717, 1.165) is 36.7 Å². The molecule has 1 aliphatic rings. The van der Waals surface area contributed by atoms with Crippen LogP contribution >= 0.6 is 0 Å². The van der Waals surface area contributed by atoms with Crippen molar-refractivity contribution in [2.45, 2.75) is 33.2 Å². The maximum atomic E-state index is 9.21. The zero-order chi connectivity index (χ0) is 13.1. The average Bonchev–Trinajstić information content (AvgIpc) is 2.81. The Morgan fingerprint density at radius 1 is 1.56 bits per heavy atom. The van der Waals surface area contributed by atoms with E-state index in [4.69, 9.17) is 4.74 Å². The van der Waals surface area contributed by atoms with Gasteiger partial charge in [-0.2, -0.15) is 5.26 Å². The highest BCUT2D eigenvalue weighted by Crippen LogP contribution is 2.24. The van der Waals surface area contributed by atoms with Crippen LogP contribution in [0, 0.1) is 31.1 Å². The van der Waals surface area contributed by atoms with Crippen LogP contribution in [0.4, 0.5) is 5.69 Å². The molecule has 0 bridgehead atoms. The fourth-order valence-corrected chi connectivity index (χ4v) is 2.39. The first-order chi connectivity index (χ1) is 8.61. The van der Waals surface area contributed by atoms with Gasteiger partial charge in [0.1, 0.15) is 6.07 Å². The van der Waals surface area contributed by atoms with Crippen LogP contribution in [0.5, 0.6) is 0 Å². The van der Waals surface area contributed by atoms with Gasteiger partial charge in [0, 0.05) is 24.3 Å². The Morgan fingerprint density at radius 2 is 2.33 bits per heavy atom. The number of anilines is 1. The van der Waals surface area contributed by atoms with Gasteiger partial charge in [-0.05, 0) is 33.3 Å². The number of hydrogen-bond donors (Lipinski definition) is 1. The van der Waals surface area contributed by atoms with Crippen molar-refractivity contribution in [1.29, 1.82) is 5.26 Å². The van der Waals surface area contributed by atoms with Gasteiger partial charge in [-0.15, -0.1) is 0 Å². The lowest BCUT2D eigenvalue weighted by Gasteiger charge is -2.21. The van der Waals surface area contributed by atoms with Gasteiger partial charge in [-0.1, -0.05) is 0 Å². The summed E-state index contributed by atoms with van der Waals surface area (Å²) in [7, 11) is 0. The molecular formula is C14H19N3O. The number of aryl methyl sites for hydroxylation is 2. The van der Waals surface area contributed by atoms with Gasteiger partial charge in [0.05, 0.1) is 23.6 Å². The van der Waals surface area contributed by atoms with Gasteiger partial charge >= 0.3 is 0 Å². The zero-order valence-electron chi connectivity index (χ0n) is 11.2. The Morgan fingerprint density at radius 3 is 2.94 bits per heavy atom. The van der Waals surface area contributed by atoms with Crippen molar-refractivity contribution in [1.82, 2.24) is 4.98 Å². The molecule has 1 saturated heterocycles. The molecule has 4 nitrogen and oxygen atoms in total. The first-order valence-corrected chi connectivity index (χ1v) is 6.34. The summed E-state index contributed by atoms with van der Waals surface area (Å²) in [5.74, 6) is 0.519. The van der Waals surface area contributed by atoms with Crippen LogP contribution in [-0.2, 0) is 4.74 Å². The van der Waals surface area contributed by atoms with Gasteiger partial charge in [-0.25, -0.2) is 0 Å². The molecule has 2 heterocycles. The van der Waals surface area contributed by atoms with E-state index in [0.29, 0.717) is 17.5 Å². The third-order valence-electron chi connectivity index (χ3n) is 3.50. The number of aromatic nitrogens is 1. The minimum absolute atomic E-state index is 0.306. The Bertz CT molecular complexity index is 473. The van der Waals surface area contributed by atoms with Crippen molar-refractivity contribution in [3.63, 3.8) is 0 Å². The molecule has 1 fully saturated rings. The molecule has 0 aliphatic carbocycles. The molecule has 0 spiro atoms. The Balaban J connectivity index is 2.20. The van der Waals surface area contributed by atoms with Crippen LogP contribution in [0.1, 0.15) is 30.3 Å². The molecule has 1 N–H and O–H groups in total. The second-order valence-corrected chi connectivity index (χ2v) is 4.94. The van der Waals surface area contributed by atoms with Crippen molar-refractivity contribution >= 4 is 5.69 Å². The van der Waals surface area contributed by atoms with E-state index in [1.807, 2.05) is 19.9 Å². The summed E-state index contributed by atoms with van der Waals surface area (Å²) in [6.07, 6.45) is 1.08. The van der Waals surface area contributed by atoms with Crippen LogP contribution in [0.25, 0.3) is 0 Å². The molecule has 0 saturated carbocycles. The minimum Gasteiger partial charge on any atom is -0.381 e. The molecule has 0 aromatic carbocycles. The molecule has 1 aromatic heterocycles. The molecular weight excluding hydrogens is 226 g/mol. The average molecular weight is 245 g/mol. The van der Waals surface area contributed by atoms with Crippen LogP contribution in [0.15, 0.2) is 6.07 Å². The van der Waals surface area contributed by atoms with E-state index in [1.165, 1.54) is 0 Å². The van der Waals surface area contributed by atoms with Crippen molar-refractivity contribution in [3.8, 4) is 6.07 Å². The SMILES string of the molecule is Cc1cc(NC(C)C2CCOC2)c(C#N)c(C)n1. The molecule has 1 aromatic rings. The second kappa shape index (κ2) is 5.36. The summed E-state index contributed by atoms with van der Waals surface area (Å²) in [6.45, 7) is 7.61. The topological polar surface area (TPSA) is 57.9 Å². The Hall–Kier alpha value is -1.60. The van der Waals surface area contributed by atoms with Crippen LogP contribution in [0.3, 0.4) is 0 Å². The van der Waals surface area contributed by atoms with E-state index in [9.17, 15) is 5.26 Å². The minimum atomic E-state index is 0.306. The fourth-order valence-electron chi connectivity index (χ4n) is 2.39. The van der Waals surface area contributed by atoms with E-state index in [2.05, 4.69) is 23.3 Å². The standard InChI is InChI=1S/C14H19N3O/c1-9-6-14(13(7-15)11(3)16-9)17-10(2)12-4-5-18-8-12/h6,10,12H,4-5,8H2,1-3H3,(H,16,17). The summed E-state index contributed by atoms with van der Waals surface area (Å²) >= 11 is 0. The Labute approximate surface area is 108 Å². The number of nitrogens with zero attached hydrogens (tertiary/aromatic N) is 2. The lowest BCUT2D eigenvalue weighted by atomic mass is 10.00. The van der Waals surface area contributed by atoms with Crippen molar-refractivity contribution < 1.29 is 4.74 Å². The third-order valence-corrected chi connectivity index (χ3v) is 3.50. The third kappa shape index (κ3) is 2.62. The van der Waals surface area contributed by atoms with Gasteiger partial charge < -0.3 is 10.1 Å². The van der Waals surface area contributed by atoms with Gasteiger partial charge in [-0.3, -0.25) is 4.98 Å². The summed E-state index contributed by atoms with van der Waals surface area (Å²) in [5.41, 5.74) is 3.26. The highest BCUT2D eigenvalue weighted by Gasteiger charge is 2.23. The summed E-state index contributed by atoms with van der Waals surface area (Å²) in [6, 6.07) is 4.48. The van der Waals surface area contributed by atoms with Crippen molar-refractivity contribution in [3.05, 3.63) is 23.0 Å². The lowest BCUT2D eigenvalue weighted by Crippen LogP contribution is -2.26. The molecule has 0 amide bonds. The lowest BCUT2D eigenvalue weighted by molar-refractivity contribution is 0.183. The number of nitriles is 1. The van der Waals surface area contributed by atoms with Crippen LogP contribution in [0.2, 0.25) is 0 Å². The first-order valence-electron chi connectivity index (χ1n) is 6.34. The van der Waals surface area contributed by atoms with E-state index >= 15 is 0 Å². The number of pyridine rings is 1. The quantitative estimate of drug-likeness (QED) is 0.888. The Kier molecular flexibility index (Phi) is 3.83. The predicted molar refractivity (Wildman–Crippen MR) is 70.4 cm³/mol. The van der Waals surface area contributed by atoms with E-state index < -0.39 is 0 Å². The normalized spacial score (nSPS) is 20.4. The summed E-state index contributed by atoms with van der Waals surface area (Å²) in [5, 5.41) is 12.7. The molecule has 18 heavy (non-hydrogen) atoms. The highest BCUT2D eigenvalue weighted by molar-refractivity contribution is 5.60. The smallest absolute Gasteiger partial charge is 0.103 e. The largest absolute Gasteiger partial charge is 0.381 e. The van der Waals surface area contributed by atoms with Crippen LogP contribution < -0.4 is 5.32 Å². The zero-order valence-corrected chi connectivity index (χ0v) is 11.2. The summed E-state index contributed by atoms with van der Waals surface area (Å²) in [4.78, 5) is 4.32. The monoisotopic (exact) mass is 245 g/mol. The second-order valence-electron chi connectivity index (χ2n) is 4.94. The molecule has 1 aliphatic heterocycles. The van der Waals surface area contributed by atoms with Crippen molar-refractivity contribution in [2.24, 2.45) is 5.92 Å². The van der Waals surface area contributed by atoms with Gasteiger partial charge in [0.15, 0.2) is 0 Å². The number of rotatable bonds is 3. The van der Waals surface area contributed by atoms with E-state index in [-0.39, 0.29) is 0 Å². The van der Waals surface area contributed by atoms with Gasteiger partial charge in [0.2, 0.25) is 0 Å². The van der Waals surface area contributed by atoms with Crippen molar-refractivity contribution in [2.75, 3.05) is 18.5 Å². The predicted octanol–water partition coefficient (Wildman–Crippen LogP) is 2.41. The molecule has 2 atom stereocenters. The summed E-state index contributed by atoms with van der Waals surface area (Å²) < 4.78 is 5.40. The number of nitrogens with one attached hydrogen (secondary N) is 1. The molecule has 2 unspecified atom stereocenters. The maximum absolute atomic E-state index is 9.21. The highest BCUT2D eigenvalue weighted by atomic mass is 16.5. The fraction of sp³-hybridized carbons (Fsp3) is 0.571.